The number of rotatable bonds is 4. The summed E-state index contributed by atoms with van der Waals surface area (Å²) in [4.78, 5) is 29.0. The standard InChI is InChI=1S/C21H32N4O2/c1-15-7-6-10-19(16(15)2)25-13-11-24(12-14-25)17(3)20(26)23-21(27)22-18-8-4-5-9-18/h6-7,10,17-18H,4-5,8-9,11-14H2,1-3H3,(H2,22,23,26,27)/t17-/m0/s1. The van der Waals surface area contributed by atoms with Crippen LogP contribution in [0.25, 0.3) is 0 Å². The molecular formula is C21H32N4O2. The molecule has 148 valence electrons. The largest absolute Gasteiger partial charge is 0.369 e. The van der Waals surface area contributed by atoms with E-state index in [2.05, 4.69) is 52.5 Å². The number of carbonyl (C=O) groups excluding carboxylic acids is 2. The molecule has 1 aromatic carbocycles. The first-order valence-corrected chi connectivity index (χ1v) is 10.1. The fourth-order valence-corrected chi connectivity index (χ4v) is 4.10. The number of anilines is 1. The molecule has 1 saturated heterocycles. The van der Waals surface area contributed by atoms with Gasteiger partial charge in [0.15, 0.2) is 0 Å². The van der Waals surface area contributed by atoms with Crippen LogP contribution in [0.1, 0.15) is 43.7 Å². The summed E-state index contributed by atoms with van der Waals surface area (Å²) in [5, 5.41) is 5.43. The molecule has 1 heterocycles. The van der Waals surface area contributed by atoms with Gasteiger partial charge in [-0.25, -0.2) is 4.79 Å². The first-order chi connectivity index (χ1) is 13.0. The van der Waals surface area contributed by atoms with Gasteiger partial charge in [0.05, 0.1) is 6.04 Å². The monoisotopic (exact) mass is 372 g/mol. The zero-order valence-corrected chi connectivity index (χ0v) is 16.8. The van der Waals surface area contributed by atoms with Gasteiger partial charge in [0.1, 0.15) is 0 Å². The Kier molecular flexibility index (Phi) is 6.37. The molecular weight excluding hydrogens is 340 g/mol. The molecule has 2 N–H and O–H groups in total. The Balaban J connectivity index is 1.48. The molecule has 1 atom stereocenters. The van der Waals surface area contributed by atoms with Crippen LogP contribution in [0.2, 0.25) is 0 Å². The summed E-state index contributed by atoms with van der Waals surface area (Å²) in [5.74, 6) is -0.217. The van der Waals surface area contributed by atoms with Crippen LogP contribution in [0.4, 0.5) is 10.5 Å². The molecule has 6 nitrogen and oxygen atoms in total. The van der Waals surface area contributed by atoms with Gasteiger partial charge in [0, 0.05) is 37.9 Å². The summed E-state index contributed by atoms with van der Waals surface area (Å²) in [6.07, 6.45) is 4.33. The molecule has 1 aliphatic carbocycles. The maximum absolute atomic E-state index is 12.4. The fraction of sp³-hybridized carbons (Fsp3) is 0.619. The molecule has 6 heteroatoms. The van der Waals surface area contributed by atoms with Crippen LogP contribution < -0.4 is 15.5 Å². The molecule has 2 fully saturated rings. The highest BCUT2D eigenvalue weighted by molar-refractivity contribution is 5.96. The Morgan fingerprint density at radius 3 is 2.41 bits per heavy atom. The molecule has 3 amide bonds. The maximum Gasteiger partial charge on any atom is 0.321 e. The minimum absolute atomic E-state index is 0.217. The van der Waals surface area contributed by atoms with Gasteiger partial charge in [-0.1, -0.05) is 25.0 Å². The second-order valence-corrected chi connectivity index (χ2v) is 7.86. The number of hydrogen-bond acceptors (Lipinski definition) is 4. The van der Waals surface area contributed by atoms with Crippen LogP contribution in [-0.2, 0) is 4.79 Å². The second-order valence-electron chi connectivity index (χ2n) is 7.86. The third-order valence-corrected chi connectivity index (χ3v) is 6.09. The van der Waals surface area contributed by atoms with Crippen molar-refractivity contribution >= 4 is 17.6 Å². The summed E-state index contributed by atoms with van der Waals surface area (Å²) in [6.45, 7) is 9.57. The molecule has 0 aromatic heterocycles. The molecule has 1 aliphatic heterocycles. The van der Waals surface area contributed by atoms with E-state index in [4.69, 9.17) is 0 Å². The molecule has 0 radical (unpaired) electrons. The number of hydrogen-bond donors (Lipinski definition) is 2. The Morgan fingerprint density at radius 1 is 1.07 bits per heavy atom. The van der Waals surface area contributed by atoms with E-state index in [0.717, 1.165) is 51.9 Å². The Hall–Kier alpha value is -2.08. The minimum atomic E-state index is -0.354. The van der Waals surface area contributed by atoms with Crippen LogP contribution in [0.15, 0.2) is 18.2 Å². The van der Waals surface area contributed by atoms with Gasteiger partial charge in [-0.05, 0) is 50.8 Å². The fourth-order valence-electron chi connectivity index (χ4n) is 4.10. The summed E-state index contributed by atoms with van der Waals surface area (Å²) < 4.78 is 0. The van der Waals surface area contributed by atoms with Gasteiger partial charge in [-0.2, -0.15) is 0 Å². The molecule has 2 aliphatic rings. The summed E-state index contributed by atoms with van der Waals surface area (Å²) in [5.41, 5.74) is 3.90. The first kappa shape index (κ1) is 19.7. The van der Waals surface area contributed by atoms with Crippen molar-refractivity contribution in [2.45, 2.75) is 58.5 Å². The Morgan fingerprint density at radius 2 is 1.74 bits per heavy atom. The summed E-state index contributed by atoms with van der Waals surface area (Å²) in [6, 6.07) is 5.96. The topological polar surface area (TPSA) is 64.7 Å². The highest BCUT2D eigenvalue weighted by Gasteiger charge is 2.27. The normalized spacial score (nSPS) is 19.7. The van der Waals surface area contributed by atoms with E-state index in [1.165, 1.54) is 16.8 Å². The van der Waals surface area contributed by atoms with Gasteiger partial charge < -0.3 is 10.2 Å². The summed E-state index contributed by atoms with van der Waals surface area (Å²) in [7, 11) is 0. The van der Waals surface area contributed by atoms with Crippen molar-refractivity contribution in [1.29, 1.82) is 0 Å². The van der Waals surface area contributed by atoms with E-state index in [1.54, 1.807) is 0 Å². The molecule has 0 spiro atoms. The van der Waals surface area contributed by atoms with Crippen molar-refractivity contribution in [3.05, 3.63) is 29.3 Å². The van der Waals surface area contributed by atoms with Crippen LogP contribution in [0, 0.1) is 13.8 Å². The maximum atomic E-state index is 12.4. The van der Waals surface area contributed by atoms with E-state index in [1.807, 2.05) is 6.92 Å². The van der Waals surface area contributed by atoms with E-state index in [-0.39, 0.29) is 24.0 Å². The lowest BCUT2D eigenvalue weighted by Crippen LogP contribution is -2.56. The van der Waals surface area contributed by atoms with Crippen LogP contribution in [-0.4, -0.2) is 55.1 Å². The third kappa shape index (κ3) is 4.80. The highest BCUT2D eigenvalue weighted by atomic mass is 16.2. The van der Waals surface area contributed by atoms with Gasteiger partial charge in [0.25, 0.3) is 0 Å². The van der Waals surface area contributed by atoms with Crippen LogP contribution in [0.3, 0.4) is 0 Å². The number of piperazine rings is 1. The molecule has 1 aromatic rings. The number of aryl methyl sites for hydroxylation is 1. The Labute approximate surface area is 162 Å². The number of nitrogens with one attached hydrogen (secondary N) is 2. The van der Waals surface area contributed by atoms with E-state index < -0.39 is 0 Å². The Bertz CT molecular complexity index is 677. The predicted octanol–water partition coefficient (Wildman–Crippen LogP) is 2.58. The van der Waals surface area contributed by atoms with Crippen molar-refractivity contribution in [2.75, 3.05) is 31.1 Å². The van der Waals surface area contributed by atoms with Crippen molar-refractivity contribution < 1.29 is 9.59 Å². The number of amides is 3. The molecule has 0 unspecified atom stereocenters. The van der Waals surface area contributed by atoms with E-state index in [0.29, 0.717) is 0 Å². The third-order valence-electron chi connectivity index (χ3n) is 6.09. The molecule has 3 rings (SSSR count). The average Bonchev–Trinajstić information content (AvgIpc) is 3.16. The first-order valence-electron chi connectivity index (χ1n) is 10.1. The van der Waals surface area contributed by atoms with Crippen molar-refractivity contribution in [3.63, 3.8) is 0 Å². The van der Waals surface area contributed by atoms with Crippen LogP contribution >= 0.6 is 0 Å². The SMILES string of the molecule is Cc1cccc(N2CCN([C@@H](C)C(=O)NC(=O)NC3CCCC3)CC2)c1C. The van der Waals surface area contributed by atoms with Gasteiger partial charge in [0.2, 0.25) is 5.91 Å². The quantitative estimate of drug-likeness (QED) is 0.853. The van der Waals surface area contributed by atoms with Crippen molar-refractivity contribution in [3.8, 4) is 0 Å². The lowest BCUT2D eigenvalue weighted by Gasteiger charge is -2.39. The van der Waals surface area contributed by atoms with E-state index in [9.17, 15) is 9.59 Å². The lowest BCUT2D eigenvalue weighted by atomic mass is 10.1. The smallest absolute Gasteiger partial charge is 0.321 e. The van der Waals surface area contributed by atoms with Gasteiger partial charge in [-0.15, -0.1) is 0 Å². The second kappa shape index (κ2) is 8.74. The number of benzene rings is 1. The molecule has 1 saturated carbocycles. The van der Waals surface area contributed by atoms with E-state index >= 15 is 0 Å². The van der Waals surface area contributed by atoms with Gasteiger partial charge in [-0.3, -0.25) is 15.0 Å². The average molecular weight is 373 g/mol. The van der Waals surface area contributed by atoms with Crippen molar-refractivity contribution in [2.24, 2.45) is 0 Å². The zero-order chi connectivity index (χ0) is 19.4. The minimum Gasteiger partial charge on any atom is -0.369 e. The number of imide groups is 1. The predicted molar refractivity (Wildman–Crippen MR) is 108 cm³/mol. The van der Waals surface area contributed by atoms with Crippen LogP contribution in [0.5, 0.6) is 0 Å². The lowest BCUT2D eigenvalue weighted by molar-refractivity contribution is -0.124. The molecule has 0 bridgehead atoms. The number of urea groups is 1. The highest BCUT2D eigenvalue weighted by Crippen LogP contribution is 2.24. The number of carbonyl (C=O) groups is 2. The summed E-state index contributed by atoms with van der Waals surface area (Å²) >= 11 is 0. The van der Waals surface area contributed by atoms with Crippen molar-refractivity contribution in [1.82, 2.24) is 15.5 Å². The molecule has 27 heavy (non-hydrogen) atoms. The zero-order valence-electron chi connectivity index (χ0n) is 16.8. The number of nitrogens with zero attached hydrogens (tertiary/aromatic N) is 2. The van der Waals surface area contributed by atoms with Gasteiger partial charge >= 0.3 is 6.03 Å².